The number of fused-ring (bicyclic) bond motifs is 1. The first-order valence-corrected chi connectivity index (χ1v) is 10.0. The Morgan fingerprint density at radius 2 is 1.85 bits per heavy atom. The third kappa shape index (κ3) is 2.51. The molecule has 0 spiro atoms. The summed E-state index contributed by atoms with van der Waals surface area (Å²) in [6.45, 7) is 1.65. The minimum atomic E-state index is -3.89. The van der Waals surface area contributed by atoms with E-state index < -0.39 is 32.4 Å². The first-order valence-electron chi connectivity index (χ1n) is 8.46. The van der Waals surface area contributed by atoms with Crippen LogP contribution in [0.2, 0.25) is 0 Å². The third-order valence-corrected chi connectivity index (χ3v) is 7.72. The second-order valence-corrected chi connectivity index (χ2v) is 8.99. The van der Waals surface area contributed by atoms with Gasteiger partial charge >= 0.3 is 5.97 Å². The Kier molecular flexibility index (Phi) is 3.94. The molecule has 142 valence electrons. The van der Waals surface area contributed by atoms with E-state index >= 15 is 0 Å². The summed E-state index contributed by atoms with van der Waals surface area (Å²) in [5, 5.41) is 8.71. The minimum Gasteiger partial charge on any atom is -0.481 e. The molecule has 0 bridgehead atoms. The lowest BCUT2D eigenvalue weighted by Gasteiger charge is -2.10. The van der Waals surface area contributed by atoms with E-state index in [1.54, 1.807) is 30.3 Å². The molecule has 0 amide bonds. The fourth-order valence-corrected chi connectivity index (χ4v) is 6.28. The standard InChI is InChI=1S/C19H19NO6S/c1-11-2-5-13(6-3-11)27(23,24)17-16(19(17,9-20)18(21)22)12-4-7-14-15(8-12)26-10-25-14/h2-8,16-17H,9-10,20H2,1H3,(H,21,22)/t16-,17-,19+/m0/s1. The van der Waals surface area contributed by atoms with Crippen LogP contribution in [-0.4, -0.2) is 38.1 Å². The van der Waals surface area contributed by atoms with Gasteiger partial charge in [-0.25, -0.2) is 8.42 Å². The van der Waals surface area contributed by atoms with Crippen LogP contribution in [0.3, 0.4) is 0 Å². The fourth-order valence-electron chi connectivity index (χ4n) is 3.90. The summed E-state index contributed by atoms with van der Waals surface area (Å²) in [6, 6.07) is 11.4. The largest absolute Gasteiger partial charge is 0.481 e. The highest BCUT2D eigenvalue weighted by atomic mass is 32.2. The smallest absolute Gasteiger partial charge is 0.312 e. The predicted octanol–water partition coefficient (Wildman–Crippen LogP) is 1.69. The molecule has 1 fully saturated rings. The van der Waals surface area contributed by atoms with Gasteiger partial charge in [-0.3, -0.25) is 4.79 Å². The van der Waals surface area contributed by atoms with E-state index in [2.05, 4.69) is 0 Å². The average Bonchev–Trinajstić information content (AvgIpc) is 3.15. The molecule has 1 aliphatic carbocycles. The van der Waals surface area contributed by atoms with Crippen molar-refractivity contribution < 1.29 is 27.8 Å². The zero-order valence-corrected chi connectivity index (χ0v) is 15.4. The zero-order chi connectivity index (χ0) is 19.4. The lowest BCUT2D eigenvalue weighted by Crippen LogP contribution is -2.31. The van der Waals surface area contributed by atoms with Gasteiger partial charge < -0.3 is 20.3 Å². The van der Waals surface area contributed by atoms with Crippen LogP contribution in [0.15, 0.2) is 47.4 Å². The Balaban J connectivity index is 1.80. The Morgan fingerprint density at radius 3 is 2.48 bits per heavy atom. The van der Waals surface area contributed by atoms with Gasteiger partial charge in [-0.2, -0.15) is 0 Å². The van der Waals surface area contributed by atoms with Crippen molar-refractivity contribution in [3.05, 3.63) is 53.6 Å². The molecule has 3 atom stereocenters. The summed E-state index contributed by atoms with van der Waals surface area (Å²) >= 11 is 0. The topological polar surface area (TPSA) is 116 Å². The molecule has 1 aliphatic heterocycles. The van der Waals surface area contributed by atoms with E-state index in [4.69, 9.17) is 15.2 Å². The van der Waals surface area contributed by atoms with Crippen molar-refractivity contribution in [1.29, 1.82) is 0 Å². The number of aryl methyl sites for hydroxylation is 1. The van der Waals surface area contributed by atoms with Gasteiger partial charge in [0.1, 0.15) is 5.41 Å². The van der Waals surface area contributed by atoms with Crippen molar-refractivity contribution in [3.8, 4) is 11.5 Å². The number of aliphatic carboxylic acids is 1. The maximum Gasteiger partial charge on any atom is 0.312 e. The first kappa shape index (κ1) is 17.8. The van der Waals surface area contributed by atoms with Gasteiger partial charge in [-0.05, 0) is 36.8 Å². The lowest BCUT2D eigenvalue weighted by atomic mass is 9.99. The van der Waals surface area contributed by atoms with Crippen LogP contribution >= 0.6 is 0 Å². The van der Waals surface area contributed by atoms with E-state index in [-0.39, 0.29) is 18.2 Å². The van der Waals surface area contributed by atoms with Crippen molar-refractivity contribution >= 4 is 15.8 Å². The molecular formula is C19H19NO6S. The molecule has 1 heterocycles. The predicted molar refractivity (Wildman–Crippen MR) is 96.6 cm³/mol. The molecule has 27 heavy (non-hydrogen) atoms. The summed E-state index contributed by atoms with van der Waals surface area (Å²) in [6.07, 6.45) is 0. The molecular weight excluding hydrogens is 370 g/mol. The lowest BCUT2D eigenvalue weighted by molar-refractivity contribution is -0.143. The summed E-state index contributed by atoms with van der Waals surface area (Å²) < 4.78 is 37.1. The number of benzene rings is 2. The quantitative estimate of drug-likeness (QED) is 0.799. The van der Waals surface area contributed by atoms with Gasteiger partial charge in [0.05, 0.1) is 10.1 Å². The zero-order valence-electron chi connectivity index (χ0n) is 14.6. The third-order valence-electron chi connectivity index (χ3n) is 5.43. The van der Waals surface area contributed by atoms with Gasteiger partial charge in [0, 0.05) is 12.5 Å². The van der Waals surface area contributed by atoms with Crippen LogP contribution in [0.5, 0.6) is 11.5 Å². The highest BCUT2D eigenvalue weighted by Crippen LogP contribution is 2.64. The van der Waals surface area contributed by atoms with Crippen LogP contribution in [0.25, 0.3) is 0 Å². The molecule has 1 saturated carbocycles. The minimum absolute atomic E-state index is 0.0789. The molecule has 0 saturated heterocycles. The number of nitrogens with two attached hydrogens (primary N) is 1. The van der Waals surface area contributed by atoms with Crippen LogP contribution in [0.1, 0.15) is 17.0 Å². The summed E-state index contributed by atoms with van der Waals surface area (Å²) in [4.78, 5) is 12.2. The number of carboxylic acid groups (broad SMARTS) is 1. The number of hydrogen-bond donors (Lipinski definition) is 2. The van der Waals surface area contributed by atoms with Crippen LogP contribution < -0.4 is 15.2 Å². The average molecular weight is 389 g/mol. The molecule has 0 unspecified atom stereocenters. The molecule has 0 aromatic heterocycles. The van der Waals surface area contributed by atoms with Crippen molar-refractivity contribution in [2.24, 2.45) is 11.1 Å². The van der Waals surface area contributed by atoms with Gasteiger partial charge in [0.25, 0.3) is 0 Å². The van der Waals surface area contributed by atoms with Gasteiger partial charge in [-0.1, -0.05) is 23.8 Å². The van der Waals surface area contributed by atoms with Crippen LogP contribution in [0.4, 0.5) is 0 Å². The number of sulfone groups is 1. The van der Waals surface area contributed by atoms with Crippen molar-refractivity contribution in [1.82, 2.24) is 0 Å². The monoisotopic (exact) mass is 389 g/mol. The number of hydrogen-bond acceptors (Lipinski definition) is 6. The van der Waals surface area contributed by atoms with Crippen molar-refractivity contribution in [2.45, 2.75) is 23.0 Å². The summed E-state index contributed by atoms with van der Waals surface area (Å²) in [5.74, 6) is -0.956. The highest BCUT2D eigenvalue weighted by Gasteiger charge is 2.75. The number of carbonyl (C=O) groups is 1. The van der Waals surface area contributed by atoms with Gasteiger partial charge in [-0.15, -0.1) is 0 Å². The molecule has 3 N–H and O–H groups in total. The molecule has 2 aliphatic rings. The number of ether oxygens (including phenoxy) is 2. The Labute approximate surface area is 156 Å². The molecule has 2 aromatic carbocycles. The molecule has 4 rings (SSSR count). The van der Waals surface area contributed by atoms with Gasteiger partial charge in [0.2, 0.25) is 6.79 Å². The second-order valence-electron chi connectivity index (χ2n) is 6.92. The summed E-state index contributed by atoms with van der Waals surface area (Å²) in [5.41, 5.74) is 5.71. The Morgan fingerprint density at radius 1 is 1.19 bits per heavy atom. The van der Waals surface area contributed by atoms with E-state index in [0.717, 1.165) is 5.56 Å². The number of carboxylic acids is 1. The summed E-state index contributed by atoms with van der Waals surface area (Å²) in [7, 11) is -3.89. The second kappa shape index (κ2) is 5.97. The van der Waals surface area contributed by atoms with E-state index in [1.807, 2.05) is 6.92 Å². The molecule has 0 radical (unpaired) electrons. The van der Waals surface area contributed by atoms with Crippen molar-refractivity contribution in [3.63, 3.8) is 0 Å². The molecule has 8 heteroatoms. The Hall–Kier alpha value is -2.58. The van der Waals surface area contributed by atoms with E-state index in [1.165, 1.54) is 12.1 Å². The maximum atomic E-state index is 13.2. The fraction of sp³-hybridized carbons (Fsp3) is 0.316. The van der Waals surface area contributed by atoms with Crippen LogP contribution in [0, 0.1) is 12.3 Å². The molecule has 2 aromatic rings. The van der Waals surface area contributed by atoms with Crippen molar-refractivity contribution in [2.75, 3.05) is 13.3 Å². The number of rotatable bonds is 5. The first-order chi connectivity index (χ1) is 12.8. The van der Waals surface area contributed by atoms with Gasteiger partial charge in [0.15, 0.2) is 21.3 Å². The molecule has 7 nitrogen and oxygen atoms in total. The highest BCUT2D eigenvalue weighted by molar-refractivity contribution is 7.92. The SMILES string of the molecule is Cc1ccc(S(=O)(=O)[C@H]2[C@H](c3ccc4c(c3)OCO4)[C@@]2(CN)C(=O)O)cc1. The maximum absolute atomic E-state index is 13.2. The van der Waals surface area contributed by atoms with Crippen LogP contribution in [-0.2, 0) is 14.6 Å². The normalized spacial score (nSPS) is 26.0. The van der Waals surface area contributed by atoms with E-state index in [9.17, 15) is 18.3 Å². The Bertz CT molecular complexity index is 1020. The van der Waals surface area contributed by atoms with E-state index in [0.29, 0.717) is 17.1 Å².